The molecular weight excluding hydrogens is 290 g/mol. The first-order chi connectivity index (χ1) is 8.65. The van der Waals surface area contributed by atoms with E-state index in [1.165, 1.54) is 23.1 Å². The van der Waals surface area contributed by atoms with Crippen molar-refractivity contribution in [1.29, 1.82) is 0 Å². The molecule has 1 amide bonds. The minimum atomic E-state index is -0.136. The van der Waals surface area contributed by atoms with E-state index >= 15 is 0 Å². The maximum Gasteiger partial charge on any atom is 0.234 e. The number of nitrogen functional groups attached to an aromatic ring is 1. The lowest BCUT2D eigenvalue weighted by atomic mass is 10.3. The summed E-state index contributed by atoms with van der Waals surface area (Å²) in [6, 6.07) is 4.97. The van der Waals surface area contributed by atoms with Crippen molar-refractivity contribution in [3.05, 3.63) is 34.8 Å². The number of carbonyl (C=O) groups is 1. The molecule has 0 radical (unpaired) electrons. The molecule has 0 spiro atoms. The lowest BCUT2D eigenvalue weighted by molar-refractivity contribution is -0.113. The summed E-state index contributed by atoms with van der Waals surface area (Å²) >= 11 is 8.84. The molecule has 0 aliphatic carbocycles. The second-order valence-corrected chi connectivity index (χ2v) is 5.90. The molecule has 0 fully saturated rings. The third-order valence-electron chi connectivity index (χ3n) is 2.00. The summed E-state index contributed by atoms with van der Waals surface area (Å²) in [5.74, 6) is 0.154. The highest BCUT2D eigenvalue weighted by molar-refractivity contribution is 8.01. The van der Waals surface area contributed by atoms with E-state index in [9.17, 15) is 4.79 Å². The number of hydrogen-bond acceptors (Lipinski definition) is 5. The van der Waals surface area contributed by atoms with Crippen molar-refractivity contribution in [2.45, 2.75) is 4.34 Å². The number of benzene rings is 1. The van der Waals surface area contributed by atoms with Crippen LogP contribution >= 0.6 is 34.7 Å². The van der Waals surface area contributed by atoms with Crippen LogP contribution in [0.15, 0.2) is 34.1 Å². The molecule has 1 aromatic heterocycles. The smallest absolute Gasteiger partial charge is 0.234 e. The van der Waals surface area contributed by atoms with Gasteiger partial charge in [-0.15, -0.1) is 11.3 Å². The van der Waals surface area contributed by atoms with Crippen LogP contribution in [0, 0.1) is 0 Å². The number of anilines is 2. The number of nitrogens with zero attached hydrogens (tertiary/aromatic N) is 1. The highest BCUT2D eigenvalue weighted by Gasteiger charge is 2.07. The summed E-state index contributed by atoms with van der Waals surface area (Å²) in [6.07, 6.45) is 1.71. The molecule has 0 unspecified atom stereocenters. The molecule has 0 aliphatic rings. The van der Waals surface area contributed by atoms with Crippen LogP contribution in [0.4, 0.5) is 11.4 Å². The number of thioether (sulfide) groups is 1. The molecule has 0 saturated carbocycles. The van der Waals surface area contributed by atoms with Crippen molar-refractivity contribution in [2.75, 3.05) is 16.8 Å². The minimum Gasteiger partial charge on any atom is -0.399 e. The Morgan fingerprint density at radius 1 is 1.56 bits per heavy atom. The van der Waals surface area contributed by atoms with Crippen LogP contribution < -0.4 is 11.1 Å². The first kappa shape index (κ1) is 13.2. The Kier molecular flexibility index (Phi) is 4.46. The minimum absolute atomic E-state index is 0.136. The van der Waals surface area contributed by atoms with Crippen molar-refractivity contribution < 1.29 is 4.79 Å². The zero-order chi connectivity index (χ0) is 13.0. The first-order valence-corrected chi connectivity index (χ1v) is 7.26. The van der Waals surface area contributed by atoms with Crippen LogP contribution in [0.25, 0.3) is 0 Å². The Morgan fingerprint density at radius 2 is 2.39 bits per heavy atom. The van der Waals surface area contributed by atoms with Crippen LogP contribution in [0.2, 0.25) is 5.02 Å². The lowest BCUT2D eigenvalue weighted by Crippen LogP contribution is -2.14. The topological polar surface area (TPSA) is 68.0 Å². The van der Waals surface area contributed by atoms with Crippen molar-refractivity contribution in [1.82, 2.24) is 4.98 Å². The van der Waals surface area contributed by atoms with E-state index in [0.29, 0.717) is 22.2 Å². The molecule has 18 heavy (non-hydrogen) atoms. The number of aromatic nitrogens is 1. The molecule has 0 bridgehead atoms. The molecule has 94 valence electrons. The Balaban J connectivity index is 1.92. The van der Waals surface area contributed by atoms with E-state index in [2.05, 4.69) is 10.3 Å². The number of nitrogens with two attached hydrogens (primary N) is 1. The van der Waals surface area contributed by atoms with Gasteiger partial charge in [-0.1, -0.05) is 23.4 Å². The maximum absolute atomic E-state index is 11.7. The van der Waals surface area contributed by atoms with Gasteiger partial charge in [-0.3, -0.25) is 4.79 Å². The standard InChI is InChI=1S/C11H10ClN3OS2/c12-8-2-1-7(13)5-9(8)15-10(16)6-18-11-14-3-4-17-11/h1-5H,6,13H2,(H,15,16). The number of thiazole rings is 1. The molecule has 0 saturated heterocycles. The van der Waals surface area contributed by atoms with Gasteiger partial charge in [0.1, 0.15) is 4.34 Å². The second-order valence-electron chi connectivity index (χ2n) is 3.37. The van der Waals surface area contributed by atoms with Crippen LogP contribution in [0.1, 0.15) is 0 Å². The predicted molar refractivity (Wildman–Crippen MR) is 77.3 cm³/mol. The molecule has 0 aliphatic heterocycles. The highest BCUT2D eigenvalue weighted by Crippen LogP contribution is 2.25. The van der Waals surface area contributed by atoms with Crippen LogP contribution in [-0.4, -0.2) is 16.6 Å². The van der Waals surface area contributed by atoms with Crippen LogP contribution in [-0.2, 0) is 4.79 Å². The van der Waals surface area contributed by atoms with Crippen molar-refractivity contribution in [2.24, 2.45) is 0 Å². The van der Waals surface area contributed by atoms with Crippen LogP contribution in [0.3, 0.4) is 0 Å². The molecule has 2 rings (SSSR count). The monoisotopic (exact) mass is 299 g/mol. The average Bonchev–Trinajstić information content (AvgIpc) is 2.84. The van der Waals surface area contributed by atoms with Gasteiger partial charge >= 0.3 is 0 Å². The fraction of sp³-hybridized carbons (Fsp3) is 0.0909. The summed E-state index contributed by atoms with van der Waals surface area (Å²) in [7, 11) is 0. The molecular formula is C11H10ClN3OS2. The van der Waals surface area contributed by atoms with Gasteiger partial charge in [0.15, 0.2) is 0 Å². The zero-order valence-corrected chi connectivity index (χ0v) is 11.6. The van der Waals surface area contributed by atoms with Gasteiger partial charge in [-0.2, -0.15) is 0 Å². The molecule has 2 aromatic rings. The van der Waals surface area contributed by atoms with Gasteiger partial charge in [-0.05, 0) is 18.2 Å². The average molecular weight is 300 g/mol. The number of halogens is 1. The molecule has 4 nitrogen and oxygen atoms in total. The predicted octanol–water partition coefficient (Wildman–Crippen LogP) is 3.11. The number of amides is 1. The van der Waals surface area contributed by atoms with E-state index in [1.54, 1.807) is 24.4 Å². The number of carbonyl (C=O) groups excluding carboxylic acids is 1. The normalized spacial score (nSPS) is 10.3. The fourth-order valence-electron chi connectivity index (χ4n) is 1.23. The quantitative estimate of drug-likeness (QED) is 0.672. The first-order valence-electron chi connectivity index (χ1n) is 5.02. The Labute approximate surface area is 118 Å². The van der Waals surface area contributed by atoms with Crippen molar-refractivity contribution in [3.63, 3.8) is 0 Å². The van der Waals surface area contributed by atoms with Gasteiger partial charge in [-0.25, -0.2) is 4.98 Å². The van der Waals surface area contributed by atoms with Gasteiger partial charge in [0.05, 0.1) is 16.5 Å². The molecule has 7 heteroatoms. The van der Waals surface area contributed by atoms with Crippen molar-refractivity contribution >= 4 is 52.0 Å². The van der Waals surface area contributed by atoms with Gasteiger partial charge in [0.2, 0.25) is 5.91 Å². The van der Waals surface area contributed by atoms with E-state index in [-0.39, 0.29) is 5.91 Å². The summed E-state index contributed by atoms with van der Waals surface area (Å²) in [4.78, 5) is 15.8. The SMILES string of the molecule is Nc1ccc(Cl)c(NC(=O)CSc2nccs2)c1. The molecule has 1 aromatic carbocycles. The zero-order valence-electron chi connectivity index (χ0n) is 9.22. The number of hydrogen-bond donors (Lipinski definition) is 2. The second kappa shape index (κ2) is 6.08. The lowest BCUT2D eigenvalue weighted by Gasteiger charge is -2.07. The van der Waals surface area contributed by atoms with E-state index in [0.717, 1.165) is 4.34 Å². The van der Waals surface area contributed by atoms with Gasteiger partial charge in [0.25, 0.3) is 0 Å². The number of rotatable bonds is 4. The third kappa shape index (κ3) is 3.63. The van der Waals surface area contributed by atoms with E-state index < -0.39 is 0 Å². The summed E-state index contributed by atoms with van der Waals surface area (Å²) in [5.41, 5.74) is 6.72. The Hall–Kier alpha value is -1.24. The van der Waals surface area contributed by atoms with E-state index in [4.69, 9.17) is 17.3 Å². The Bertz CT molecular complexity index is 545. The largest absolute Gasteiger partial charge is 0.399 e. The van der Waals surface area contributed by atoms with Gasteiger partial charge in [0, 0.05) is 17.3 Å². The van der Waals surface area contributed by atoms with Gasteiger partial charge < -0.3 is 11.1 Å². The number of nitrogens with one attached hydrogen (secondary N) is 1. The highest BCUT2D eigenvalue weighted by atomic mass is 35.5. The Morgan fingerprint density at radius 3 is 3.11 bits per heavy atom. The van der Waals surface area contributed by atoms with E-state index in [1.807, 2.05) is 5.38 Å². The fourth-order valence-corrected chi connectivity index (χ4v) is 2.84. The maximum atomic E-state index is 11.7. The summed E-state index contributed by atoms with van der Waals surface area (Å²) in [5, 5.41) is 5.06. The summed E-state index contributed by atoms with van der Waals surface area (Å²) < 4.78 is 0.865. The molecule has 1 heterocycles. The van der Waals surface area contributed by atoms with Crippen molar-refractivity contribution in [3.8, 4) is 0 Å². The molecule has 3 N–H and O–H groups in total. The third-order valence-corrected chi connectivity index (χ3v) is 4.30. The molecule has 0 atom stereocenters. The summed E-state index contributed by atoms with van der Waals surface area (Å²) in [6.45, 7) is 0. The van der Waals surface area contributed by atoms with Crippen LogP contribution in [0.5, 0.6) is 0 Å².